The van der Waals surface area contributed by atoms with Gasteiger partial charge >= 0.3 is 0 Å². The van der Waals surface area contributed by atoms with Crippen LogP contribution < -0.4 is 4.90 Å². The van der Waals surface area contributed by atoms with Crippen LogP contribution in [-0.2, 0) is 12.0 Å². The van der Waals surface area contributed by atoms with Crippen molar-refractivity contribution in [3.8, 4) is 0 Å². The number of nitrogens with zero attached hydrogens (tertiary/aromatic N) is 5. The van der Waals surface area contributed by atoms with Gasteiger partial charge in [0.1, 0.15) is 6.33 Å². The molecule has 0 radical (unpaired) electrons. The molecule has 0 aliphatic heterocycles. The van der Waals surface area contributed by atoms with E-state index in [9.17, 15) is 0 Å². The van der Waals surface area contributed by atoms with Crippen molar-refractivity contribution >= 4 is 17.0 Å². The molecule has 0 spiro atoms. The van der Waals surface area contributed by atoms with Crippen molar-refractivity contribution in [2.75, 3.05) is 11.9 Å². The van der Waals surface area contributed by atoms with Gasteiger partial charge in [0.05, 0.1) is 17.9 Å². The van der Waals surface area contributed by atoms with Gasteiger partial charge in [-0.25, -0.2) is 9.97 Å². The molecule has 0 saturated heterocycles. The highest BCUT2D eigenvalue weighted by Crippen LogP contribution is 2.24. The number of aromatic nitrogens is 5. The van der Waals surface area contributed by atoms with Crippen LogP contribution in [0.5, 0.6) is 0 Å². The molecule has 1 N–H and O–H groups in total. The monoisotopic (exact) mass is 300 g/mol. The molecule has 3 rings (SSSR count). The first-order valence-corrected chi connectivity index (χ1v) is 7.18. The van der Waals surface area contributed by atoms with Crippen molar-refractivity contribution in [3.63, 3.8) is 0 Å². The molecule has 0 amide bonds. The van der Waals surface area contributed by atoms with Crippen LogP contribution in [0.15, 0.2) is 16.8 Å². The lowest BCUT2D eigenvalue weighted by Gasteiger charge is -2.17. The molecule has 0 bridgehead atoms. The fourth-order valence-corrected chi connectivity index (χ4v) is 2.28. The van der Waals surface area contributed by atoms with Crippen LogP contribution in [0.3, 0.4) is 0 Å². The summed E-state index contributed by atoms with van der Waals surface area (Å²) in [5.74, 6) is 1.33. The van der Waals surface area contributed by atoms with Crippen LogP contribution in [0, 0.1) is 6.92 Å². The third-order valence-electron chi connectivity index (χ3n) is 3.45. The molecule has 3 aromatic rings. The minimum Gasteiger partial charge on any atom is -0.422 e. The van der Waals surface area contributed by atoms with Gasteiger partial charge in [-0.3, -0.25) is 5.10 Å². The topological polar surface area (TPSA) is 83.7 Å². The van der Waals surface area contributed by atoms with Gasteiger partial charge in [0.2, 0.25) is 0 Å². The van der Waals surface area contributed by atoms with E-state index in [1.807, 2.05) is 11.9 Å². The molecule has 22 heavy (non-hydrogen) atoms. The summed E-state index contributed by atoms with van der Waals surface area (Å²) in [6, 6.07) is 2.09. The fraction of sp³-hybridized carbons (Fsp3) is 0.467. The number of nitrogens with one attached hydrogen (secondary N) is 1. The number of H-pyrrole nitrogens is 1. The molecule has 0 aliphatic rings. The average molecular weight is 300 g/mol. The Hall–Kier alpha value is -2.44. The van der Waals surface area contributed by atoms with E-state index in [0.29, 0.717) is 23.7 Å². The Balaban J connectivity index is 1.87. The Kier molecular flexibility index (Phi) is 3.35. The van der Waals surface area contributed by atoms with Gasteiger partial charge in [-0.1, -0.05) is 20.8 Å². The standard InChI is InChI=1S/C15H20N6O/c1-9-18-12-13(16-8-17-14(12)22-9)21(5)7-10-6-11(20-19-10)15(2,3)4/h6,8H,7H2,1-5H3,(H,19,20). The van der Waals surface area contributed by atoms with E-state index in [1.54, 1.807) is 6.92 Å². The molecule has 3 aromatic heterocycles. The summed E-state index contributed by atoms with van der Waals surface area (Å²) in [6.45, 7) is 8.88. The Bertz CT molecular complexity index is 798. The Labute approximate surface area is 128 Å². The van der Waals surface area contributed by atoms with Gasteiger partial charge in [0.25, 0.3) is 5.71 Å². The number of oxazole rings is 1. The molecule has 0 fully saturated rings. The molecule has 7 heteroatoms. The third kappa shape index (κ3) is 2.66. The molecule has 0 saturated carbocycles. The molecule has 116 valence electrons. The van der Waals surface area contributed by atoms with Crippen molar-refractivity contribution in [1.82, 2.24) is 25.1 Å². The predicted molar refractivity (Wildman–Crippen MR) is 83.7 cm³/mol. The lowest BCUT2D eigenvalue weighted by Crippen LogP contribution is -2.18. The number of aryl methyl sites for hydroxylation is 1. The molecular formula is C15H20N6O. The average Bonchev–Trinajstić information content (AvgIpc) is 3.02. The third-order valence-corrected chi connectivity index (χ3v) is 3.45. The maximum absolute atomic E-state index is 5.45. The summed E-state index contributed by atoms with van der Waals surface area (Å²) >= 11 is 0. The SMILES string of the molecule is Cc1nc2c(N(C)Cc3cc(C(C)(C)C)n[nH]3)ncnc2o1. The highest BCUT2D eigenvalue weighted by Gasteiger charge is 2.19. The lowest BCUT2D eigenvalue weighted by molar-refractivity contribution is 0.551. The van der Waals surface area contributed by atoms with Gasteiger partial charge in [-0.2, -0.15) is 10.1 Å². The van der Waals surface area contributed by atoms with E-state index >= 15 is 0 Å². The maximum Gasteiger partial charge on any atom is 0.252 e. The maximum atomic E-state index is 5.45. The van der Waals surface area contributed by atoms with Gasteiger partial charge in [0, 0.05) is 19.4 Å². The second-order valence-corrected chi connectivity index (χ2v) is 6.47. The largest absolute Gasteiger partial charge is 0.422 e. The first-order chi connectivity index (χ1) is 10.3. The summed E-state index contributed by atoms with van der Waals surface area (Å²) in [4.78, 5) is 14.8. The van der Waals surface area contributed by atoms with Gasteiger partial charge in [-0.05, 0) is 6.07 Å². The van der Waals surface area contributed by atoms with Crippen molar-refractivity contribution < 1.29 is 4.42 Å². The normalized spacial score (nSPS) is 12.0. The van der Waals surface area contributed by atoms with E-state index in [0.717, 1.165) is 17.2 Å². The Morgan fingerprint density at radius 3 is 2.73 bits per heavy atom. The number of hydrogen-bond acceptors (Lipinski definition) is 6. The minimum absolute atomic E-state index is 0.0265. The predicted octanol–water partition coefficient (Wildman–Crippen LogP) is 2.58. The molecule has 7 nitrogen and oxygen atoms in total. The minimum atomic E-state index is 0.0265. The van der Waals surface area contributed by atoms with E-state index in [4.69, 9.17) is 4.42 Å². The zero-order valence-electron chi connectivity index (χ0n) is 13.5. The van der Waals surface area contributed by atoms with Crippen molar-refractivity contribution in [2.24, 2.45) is 0 Å². The molecule has 0 aromatic carbocycles. The zero-order chi connectivity index (χ0) is 15.9. The van der Waals surface area contributed by atoms with Crippen LogP contribution >= 0.6 is 0 Å². The van der Waals surface area contributed by atoms with Crippen LogP contribution in [0.2, 0.25) is 0 Å². The smallest absolute Gasteiger partial charge is 0.252 e. The number of fused-ring (bicyclic) bond motifs is 1. The Morgan fingerprint density at radius 2 is 2.05 bits per heavy atom. The van der Waals surface area contributed by atoms with E-state index < -0.39 is 0 Å². The highest BCUT2D eigenvalue weighted by molar-refractivity contribution is 5.81. The molecule has 0 aliphatic carbocycles. The van der Waals surface area contributed by atoms with Gasteiger partial charge in [-0.15, -0.1) is 0 Å². The van der Waals surface area contributed by atoms with Crippen LogP contribution in [0.1, 0.15) is 38.0 Å². The Morgan fingerprint density at radius 1 is 1.27 bits per heavy atom. The summed E-state index contributed by atoms with van der Waals surface area (Å²) < 4.78 is 5.45. The van der Waals surface area contributed by atoms with Gasteiger partial charge in [0.15, 0.2) is 17.2 Å². The number of anilines is 1. The fourth-order valence-electron chi connectivity index (χ4n) is 2.28. The molecule has 0 atom stereocenters. The molecule has 0 unspecified atom stereocenters. The van der Waals surface area contributed by atoms with Crippen LogP contribution in [-0.4, -0.2) is 32.2 Å². The van der Waals surface area contributed by atoms with Crippen molar-refractivity contribution in [1.29, 1.82) is 0 Å². The molecular weight excluding hydrogens is 280 g/mol. The van der Waals surface area contributed by atoms with Gasteiger partial charge < -0.3 is 9.32 Å². The number of rotatable bonds is 3. The van der Waals surface area contributed by atoms with Crippen molar-refractivity contribution in [2.45, 2.75) is 39.7 Å². The van der Waals surface area contributed by atoms with E-state index in [2.05, 4.69) is 52.0 Å². The summed E-state index contributed by atoms with van der Waals surface area (Å²) in [5, 5.41) is 7.47. The van der Waals surface area contributed by atoms with Crippen molar-refractivity contribution in [3.05, 3.63) is 29.7 Å². The first kappa shape index (κ1) is 14.5. The second-order valence-electron chi connectivity index (χ2n) is 6.47. The lowest BCUT2D eigenvalue weighted by atomic mass is 9.92. The summed E-state index contributed by atoms with van der Waals surface area (Å²) in [5.41, 5.74) is 3.28. The zero-order valence-corrected chi connectivity index (χ0v) is 13.5. The molecule has 3 heterocycles. The highest BCUT2D eigenvalue weighted by atomic mass is 16.4. The van der Waals surface area contributed by atoms with E-state index in [1.165, 1.54) is 6.33 Å². The van der Waals surface area contributed by atoms with Crippen LogP contribution in [0.25, 0.3) is 11.2 Å². The summed E-state index contributed by atoms with van der Waals surface area (Å²) in [7, 11) is 1.96. The second kappa shape index (κ2) is 5.08. The van der Waals surface area contributed by atoms with E-state index in [-0.39, 0.29) is 5.41 Å². The summed E-state index contributed by atoms with van der Waals surface area (Å²) in [6.07, 6.45) is 1.49. The van der Waals surface area contributed by atoms with Crippen LogP contribution in [0.4, 0.5) is 5.82 Å². The quantitative estimate of drug-likeness (QED) is 0.800. The first-order valence-electron chi connectivity index (χ1n) is 7.18. The number of aromatic amines is 1. The number of hydrogen-bond donors (Lipinski definition) is 1.